The number of hydrogen-bond donors (Lipinski definition) is 4. The van der Waals surface area contributed by atoms with E-state index in [1.165, 1.54) is 0 Å². The maximum Gasteiger partial charge on any atom is 0.315 e. The van der Waals surface area contributed by atoms with Crippen LogP contribution >= 0.6 is 11.8 Å². The van der Waals surface area contributed by atoms with Crippen LogP contribution in [0, 0.1) is 0 Å². The molecule has 8 heteroatoms. The van der Waals surface area contributed by atoms with E-state index in [4.69, 9.17) is 9.47 Å². The quantitative estimate of drug-likeness (QED) is 0.147. The summed E-state index contributed by atoms with van der Waals surface area (Å²) in [6.45, 7) is 1.02. The fourth-order valence-corrected chi connectivity index (χ4v) is 5.82. The summed E-state index contributed by atoms with van der Waals surface area (Å²) >= 11 is 1.67. The van der Waals surface area contributed by atoms with Gasteiger partial charge in [0, 0.05) is 36.6 Å². The Morgan fingerprint density at radius 1 is 0.744 bits per heavy atom. The highest BCUT2D eigenvalue weighted by molar-refractivity contribution is 7.99. The molecule has 0 aromatic heterocycles. The molecule has 43 heavy (non-hydrogen) atoms. The molecule has 7 nitrogen and oxygen atoms in total. The van der Waals surface area contributed by atoms with Crippen molar-refractivity contribution in [2.45, 2.75) is 44.6 Å². The highest BCUT2D eigenvalue weighted by Gasteiger charge is 2.32. The molecule has 4 N–H and O–H groups in total. The van der Waals surface area contributed by atoms with Crippen LogP contribution in [-0.4, -0.2) is 40.5 Å². The molecule has 4 aromatic rings. The van der Waals surface area contributed by atoms with Crippen LogP contribution in [0.4, 0.5) is 4.79 Å². The minimum Gasteiger partial charge on any atom is -0.396 e. The van der Waals surface area contributed by atoms with Crippen LogP contribution in [0.1, 0.15) is 46.6 Å². The second-order valence-corrected chi connectivity index (χ2v) is 11.6. The Hall–Kier alpha value is -3.66. The Morgan fingerprint density at radius 2 is 1.44 bits per heavy atom. The van der Waals surface area contributed by atoms with Gasteiger partial charge in [-0.1, -0.05) is 91.0 Å². The van der Waals surface area contributed by atoms with Gasteiger partial charge in [-0.2, -0.15) is 11.8 Å². The van der Waals surface area contributed by atoms with Gasteiger partial charge in [0.15, 0.2) is 6.29 Å². The fraction of sp³-hybridized carbons (Fsp3) is 0.286. The van der Waals surface area contributed by atoms with Crippen molar-refractivity contribution in [3.05, 3.63) is 131 Å². The van der Waals surface area contributed by atoms with E-state index < -0.39 is 6.29 Å². The van der Waals surface area contributed by atoms with Crippen molar-refractivity contribution in [2.24, 2.45) is 0 Å². The minimum atomic E-state index is -0.547. The summed E-state index contributed by atoms with van der Waals surface area (Å²) in [6, 6.07) is 33.8. The molecule has 0 unspecified atom stereocenters. The normalized spacial score (nSPS) is 18.2. The topological polar surface area (TPSA) is 100 Å². The summed E-state index contributed by atoms with van der Waals surface area (Å²) < 4.78 is 12.9. The van der Waals surface area contributed by atoms with E-state index in [-0.39, 0.29) is 31.5 Å². The fourth-order valence-electron chi connectivity index (χ4n) is 5.05. The summed E-state index contributed by atoms with van der Waals surface area (Å²) in [6.07, 6.45) is -0.0310. The first-order chi connectivity index (χ1) is 21.1. The molecule has 1 saturated heterocycles. The van der Waals surface area contributed by atoms with Gasteiger partial charge in [-0.3, -0.25) is 0 Å². The lowest BCUT2D eigenvalue weighted by atomic mass is 9.99. The van der Waals surface area contributed by atoms with Crippen LogP contribution in [0.3, 0.4) is 0 Å². The number of nitrogens with one attached hydrogen (secondary N) is 2. The minimum absolute atomic E-state index is 0.00345. The zero-order valence-electron chi connectivity index (χ0n) is 24.0. The molecule has 1 aliphatic rings. The van der Waals surface area contributed by atoms with Crippen LogP contribution in [0.2, 0.25) is 0 Å². The van der Waals surface area contributed by atoms with Crippen molar-refractivity contribution in [1.29, 1.82) is 0 Å². The summed E-state index contributed by atoms with van der Waals surface area (Å²) in [7, 11) is 0. The Labute approximate surface area is 257 Å². The van der Waals surface area contributed by atoms with E-state index in [9.17, 15) is 15.0 Å². The van der Waals surface area contributed by atoms with Crippen molar-refractivity contribution in [1.82, 2.24) is 10.6 Å². The lowest BCUT2D eigenvalue weighted by molar-refractivity contribution is -0.245. The largest absolute Gasteiger partial charge is 0.396 e. The molecule has 0 bridgehead atoms. The van der Waals surface area contributed by atoms with Crippen molar-refractivity contribution in [3.63, 3.8) is 0 Å². The Balaban J connectivity index is 1.26. The number of ether oxygens (including phenoxy) is 2. The summed E-state index contributed by atoms with van der Waals surface area (Å²) in [5.74, 6) is 1.43. The maximum absolute atomic E-state index is 12.4. The van der Waals surface area contributed by atoms with Gasteiger partial charge in [-0.25, -0.2) is 4.79 Å². The maximum atomic E-state index is 12.4. The number of thioether (sulfide) groups is 1. The Kier molecular flexibility index (Phi) is 11.2. The monoisotopic (exact) mass is 598 g/mol. The zero-order chi connectivity index (χ0) is 29.9. The number of urea groups is 1. The molecule has 0 aliphatic carbocycles. The number of rotatable bonds is 12. The summed E-state index contributed by atoms with van der Waals surface area (Å²) in [5.41, 5.74) is 6.94. The number of benzene rings is 4. The lowest BCUT2D eigenvalue weighted by Gasteiger charge is -2.36. The van der Waals surface area contributed by atoms with Gasteiger partial charge in [-0.15, -0.1) is 0 Å². The molecule has 4 aromatic carbocycles. The average molecular weight is 599 g/mol. The second kappa shape index (κ2) is 15.7. The third kappa shape index (κ3) is 8.92. The SMILES string of the molecule is O=C(NCc1ccccc1)NCc1cccc(-c2cccc([C@@H]3O[C@H](CSCCO)C[C@H](c4ccc(CO)cc4)O3)c2)c1. The van der Waals surface area contributed by atoms with Crippen molar-refractivity contribution >= 4 is 17.8 Å². The van der Waals surface area contributed by atoms with Gasteiger partial charge in [0.2, 0.25) is 0 Å². The number of carbonyl (C=O) groups excluding carboxylic acids is 1. The van der Waals surface area contributed by atoms with Crippen LogP contribution < -0.4 is 10.6 Å². The zero-order valence-corrected chi connectivity index (χ0v) is 24.8. The standard InChI is InChI=1S/C35H38N2O5S/c38-16-17-43-24-32-20-33(28-14-12-26(23-39)13-15-28)42-34(41-32)31-11-5-10-30(19-31)29-9-4-8-27(18-29)22-37-35(40)36-21-25-6-2-1-3-7-25/h1-15,18-19,32-34,38-39H,16-17,20-24H2,(H2,36,37,40)/t32-,33+,34+/m0/s1. The molecule has 0 radical (unpaired) electrons. The molecular weight excluding hydrogens is 560 g/mol. The van der Waals surface area contributed by atoms with Gasteiger partial charge in [0.1, 0.15) is 0 Å². The summed E-state index contributed by atoms with van der Waals surface area (Å²) in [5, 5.41) is 24.5. The second-order valence-electron chi connectivity index (χ2n) is 10.5. The first-order valence-corrected chi connectivity index (χ1v) is 15.7. The highest BCUT2D eigenvalue weighted by Crippen LogP contribution is 2.39. The number of aliphatic hydroxyl groups is 2. The number of amides is 2. The van der Waals surface area contributed by atoms with E-state index >= 15 is 0 Å². The van der Waals surface area contributed by atoms with Gasteiger partial charge in [-0.05, 0) is 45.5 Å². The Bertz CT molecular complexity index is 1450. The van der Waals surface area contributed by atoms with E-state index in [0.717, 1.165) is 44.7 Å². The van der Waals surface area contributed by atoms with Crippen LogP contribution in [0.15, 0.2) is 103 Å². The molecule has 0 saturated carbocycles. The molecule has 1 fully saturated rings. The molecular formula is C35H38N2O5S. The molecule has 1 heterocycles. The smallest absolute Gasteiger partial charge is 0.315 e. The number of hydrogen-bond acceptors (Lipinski definition) is 6. The van der Waals surface area contributed by atoms with Gasteiger partial charge in [0.05, 0.1) is 25.4 Å². The molecule has 5 rings (SSSR count). The first kappa shape index (κ1) is 30.8. The van der Waals surface area contributed by atoms with E-state index in [1.807, 2.05) is 78.9 Å². The van der Waals surface area contributed by atoms with Crippen molar-refractivity contribution in [3.8, 4) is 11.1 Å². The average Bonchev–Trinajstić information content (AvgIpc) is 3.07. The third-order valence-corrected chi connectivity index (χ3v) is 8.40. The number of aliphatic hydroxyl groups excluding tert-OH is 2. The third-order valence-electron chi connectivity index (χ3n) is 7.32. The first-order valence-electron chi connectivity index (χ1n) is 14.6. The molecule has 1 aliphatic heterocycles. The van der Waals surface area contributed by atoms with Gasteiger partial charge >= 0.3 is 6.03 Å². The van der Waals surface area contributed by atoms with Crippen molar-refractivity contribution in [2.75, 3.05) is 18.1 Å². The van der Waals surface area contributed by atoms with Crippen LogP contribution in [0.25, 0.3) is 11.1 Å². The molecule has 224 valence electrons. The highest BCUT2D eigenvalue weighted by atomic mass is 32.2. The summed E-state index contributed by atoms with van der Waals surface area (Å²) in [4.78, 5) is 12.4. The van der Waals surface area contributed by atoms with Gasteiger partial charge < -0.3 is 30.3 Å². The van der Waals surface area contributed by atoms with Gasteiger partial charge in [0.25, 0.3) is 0 Å². The van der Waals surface area contributed by atoms with Crippen LogP contribution in [-0.2, 0) is 29.2 Å². The van der Waals surface area contributed by atoms with E-state index in [1.54, 1.807) is 11.8 Å². The molecule has 3 atom stereocenters. The molecule has 0 spiro atoms. The predicted octanol–water partition coefficient (Wildman–Crippen LogP) is 6.12. The van der Waals surface area contributed by atoms with E-state index in [0.29, 0.717) is 25.3 Å². The lowest BCUT2D eigenvalue weighted by Crippen LogP contribution is -2.34. The predicted molar refractivity (Wildman–Crippen MR) is 170 cm³/mol. The van der Waals surface area contributed by atoms with E-state index in [2.05, 4.69) is 34.9 Å². The number of carbonyl (C=O) groups is 1. The Morgan fingerprint density at radius 3 is 2.19 bits per heavy atom. The van der Waals surface area contributed by atoms with Crippen molar-refractivity contribution < 1.29 is 24.5 Å². The van der Waals surface area contributed by atoms with Crippen LogP contribution in [0.5, 0.6) is 0 Å². The molecule has 2 amide bonds.